The molecule has 0 fully saturated rings. The summed E-state index contributed by atoms with van der Waals surface area (Å²) in [5, 5.41) is 16.5. The normalized spacial score (nSPS) is 12.4. The highest BCUT2D eigenvalue weighted by Gasteiger charge is 2.16. The maximum absolute atomic E-state index is 12.2. The molecule has 0 aromatic carbocycles. The van der Waals surface area contributed by atoms with Crippen LogP contribution < -0.4 is 5.32 Å². The molecule has 22 heavy (non-hydrogen) atoms. The summed E-state index contributed by atoms with van der Waals surface area (Å²) in [4.78, 5) is 16.5. The van der Waals surface area contributed by atoms with Gasteiger partial charge in [0, 0.05) is 43.2 Å². The number of pyridine rings is 1. The molecule has 2 N–H and O–H groups in total. The number of carbonyl (C=O) groups excluding carboxylic acids is 1. The van der Waals surface area contributed by atoms with Crippen LogP contribution in [0.4, 0.5) is 0 Å². The van der Waals surface area contributed by atoms with Gasteiger partial charge in [0.2, 0.25) is 0 Å². The summed E-state index contributed by atoms with van der Waals surface area (Å²) in [7, 11) is 0. The molecule has 0 aliphatic rings. The molecule has 0 aliphatic carbocycles. The van der Waals surface area contributed by atoms with Crippen LogP contribution in [0.15, 0.2) is 36.7 Å². The number of aliphatic hydroxyl groups excluding tert-OH is 1. The van der Waals surface area contributed by atoms with Crippen molar-refractivity contribution < 1.29 is 9.90 Å². The van der Waals surface area contributed by atoms with E-state index in [9.17, 15) is 9.90 Å². The highest BCUT2D eigenvalue weighted by Crippen LogP contribution is 2.09. The molecule has 2 aromatic rings. The van der Waals surface area contributed by atoms with Gasteiger partial charge in [0.05, 0.1) is 0 Å². The van der Waals surface area contributed by atoms with Crippen LogP contribution in [0.25, 0.3) is 0 Å². The van der Waals surface area contributed by atoms with Gasteiger partial charge in [-0.3, -0.25) is 14.5 Å². The van der Waals surface area contributed by atoms with E-state index in [1.165, 1.54) is 0 Å². The molecule has 2 aromatic heterocycles. The zero-order valence-electron chi connectivity index (χ0n) is 12.9. The van der Waals surface area contributed by atoms with Gasteiger partial charge in [-0.05, 0) is 38.5 Å². The van der Waals surface area contributed by atoms with E-state index in [0.717, 1.165) is 5.69 Å². The first kappa shape index (κ1) is 16.2. The first-order valence-electron chi connectivity index (χ1n) is 7.44. The summed E-state index contributed by atoms with van der Waals surface area (Å²) in [5.74, 6) is -0.236. The Morgan fingerprint density at radius 1 is 1.32 bits per heavy atom. The van der Waals surface area contributed by atoms with Crippen molar-refractivity contribution in [3.63, 3.8) is 0 Å². The number of aromatic nitrogens is 3. The zero-order valence-corrected chi connectivity index (χ0v) is 12.9. The largest absolute Gasteiger partial charge is 0.396 e. The van der Waals surface area contributed by atoms with Crippen LogP contribution in [0.1, 0.15) is 36.1 Å². The molecule has 0 saturated carbocycles. The van der Waals surface area contributed by atoms with E-state index in [1.54, 1.807) is 23.1 Å². The molecule has 118 valence electrons. The molecule has 1 unspecified atom stereocenters. The number of nitrogens with zero attached hydrogens (tertiary/aromatic N) is 3. The van der Waals surface area contributed by atoms with Crippen LogP contribution in [0.3, 0.4) is 0 Å². The Labute approximate surface area is 130 Å². The summed E-state index contributed by atoms with van der Waals surface area (Å²) >= 11 is 0. The number of amides is 1. The minimum Gasteiger partial charge on any atom is -0.396 e. The zero-order chi connectivity index (χ0) is 15.9. The molecule has 0 bridgehead atoms. The van der Waals surface area contributed by atoms with Crippen molar-refractivity contribution in [2.24, 2.45) is 5.92 Å². The summed E-state index contributed by atoms with van der Waals surface area (Å²) in [6.07, 6.45) is 3.97. The lowest BCUT2D eigenvalue weighted by molar-refractivity contribution is 0.0927. The van der Waals surface area contributed by atoms with Crippen molar-refractivity contribution in [2.45, 2.75) is 26.3 Å². The molecule has 2 heterocycles. The SMILES string of the molecule is CC(C)n1nccc1C(=O)NCC(CO)Cc1ccccn1. The first-order chi connectivity index (χ1) is 10.6. The van der Waals surface area contributed by atoms with Crippen molar-refractivity contribution in [3.8, 4) is 0 Å². The maximum atomic E-state index is 12.2. The molecule has 1 atom stereocenters. The Balaban J connectivity index is 1.92. The lowest BCUT2D eigenvalue weighted by Crippen LogP contribution is -2.33. The van der Waals surface area contributed by atoms with E-state index in [1.807, 2.05) is 32.0 Å². The van der Waals surface area contributed by atoms with E-state index >= 15 is 0 Å². The van der Waals surface area contributed by atoms with Crippen molar-refractivity contribution in [1.82, 2.24) is 20.1 Å². The van der Waals surface area contributed by atoms with Gasteiger partial charge in [0.15, 0.2) is 0 Å². The van der Waals surface area contributed by atoms with Crippen molar-refractivity contribution >= 4 is 5.91 Å². The van der Waals surface area contributed by atoms with Gasteiger partial charge in [-0.1, -0.05) is 6.07 Å². The summed E-state index contributed by atoms with van der Waals surface area (Å²) < 4.78 is 1.68. The molecule has 0 aliphatic heterocycles. The lowest BCUT2D eigenvalue weighted by atomic mass is 10.0. The Morgan fingerprint density at radius 3 is 2.77 bits per heavy atom. The molecule has 2 rings (SSSR count). The third-order valence-corrected chi connectivity index (χ3v) is 3.43. The molecule has 0 saturated heterocycles. The number of rotatable bonds is 7. The Morgan fingerprint density at radius 2 is 2.14 bits per heavy atom. The highest BCUT2D eigenvalue weighted by atomic mass is 16.3. The molecule has 0 spiro atoms. The lowest BCUT2D eigenvalue weighted by Gasteiger charge is -2.16. The molecule has 6 heteroatoms. The molecule has 0 radical (unpaired) electrons. The number of hydrogen-bond donors (Lipinski definition) is 2. The van der Waals surface area contributed by atoms with Gasteiger partial charge >= 0.3 is 0 Å². The molecule has 6 nitrogen and oxygen atoms in total. The van der Waals surface area contributed by atoms with Crippen LogP contribution in [0, 0.1) is 5.92 Å². The third kappa shape index (κ3) is 4.14. The average molecular weight is 302 g/mol. The minimum atomic E-state index is -0.175. The average Bonchev–Trinajstić information content (AvgIpc) is 3.02. The number of nitrogens with one attached hydrogen (secondary N) is 1. The Kier molecular flexibility index (Phi) is 5.66. The molecular weight excluding hydrogens is 280 g/mol. The number of aliphatic hydroxyl groups is 1. The fraction of sp³-hybridized carbons (Fsp3) is 0.438. The van der Waals surface area contributed by atoms with Crippen LogP contribution in [-0.2, 0) is 6.42 Å². The first-order valence-corrected chi connectivity index (χ1v) is 7.44. The number of carbonyl (C=O) groups is 1. The van der Waals surface area contributed by atoms with E-state index in [4.69, 9.17) is 0 Å². The predicted octanol–water partition coefficient (Wildman–Crippen LogP) is 1.44. The third-order valence-electron chi connectivity index (χ3n) is 3.43. The highest BCUT2D eigenvalue weighted by molar-refractivity contribution is 5.92. The van der Waals surface area contributed by atoms with E-state index in [-0.39, 0.29) is 24.5 Å². The van der Waals surface area contributed by atoms with Gasteiger partial charge in [0.25, 0.3) is 5.91 Å². The predicted molar refractivity (Wildman–Crippen MR) is 83.5 cm³/mol. The fourth-order valence-electron chi connectivity index (χ4n) is 2.25. The number of hydrogen-bond acceptors (Lipinski definition) is 4. The Bertz CT molecular complexity index is 595. The van der Waals surface area contributed by atoms with Gasteiger partial charge in [0.1, 0.15) is 5.69 Å². The molecular formula is C16H22N4O2. The van der Waals surface area contributed by atoms with Crippen molar-refractivity contribution in [2.75, 3.05) is 13.2 Å². The summed E-state index contributed by atoms with van der Waals surface area (Å²) in [6.45, 7) is 4.35. The Hall–Kier alpha value is -2.21. The van der Waals surface area contributed by atoms with Gasteiger partial charge in [-0.2, -0.15) is 5.10 Å². The van der Waals surface area contributed by atoms with E-state index in [0.29, 0.717) is 18.7 Å². The van der Waals surface area contributed by atoms with Gasteiger partial charge < -0.3 is 10.4 Å². The second kappa shape index (κ2) is 7.70. The smallest absolute Gasteiger partial charge is 0.269 e. The summed E-state index contributed by atoms with van der Waals surface area (Å²) in [5.41, 5.74) is 1.44. The van der Waals surface area contributed by atoms with Crippen molar-refractivity contribution in [1.29, 1.82) is 0 Å². The second-order valence-electron chi connectivity index (χ2n) is 5.54. The van der Waals surface area contributed by atoms with E-state index in [2.05, 4.69) is 15.4 Å². The summed E-state index contributed by atoms with van der Waals surface area (Å²) in [6, 6.07) is 7.50. The van der Waals surface area contributed by atoms with Crippen molar-refractivity contribution in [3.05, 3.63) is 48.0 Å². The standard InChI is InChI=1S/C16H22N4O2/c1-12(2)20-15(6-8-19-20)16(22)18-10-13(11-21)9-14-5-3-4-7-17-14/h3-8,12-13,21H,9-11H2,1-2H3,(H,18,22). The van der Waals surface area contributed by atoms with Crippen LogP contribution in [-0.4, -0.2) is 38.9 Å². The maximum Gasteiger partial charge on any atom is 0.269 e. The van der Waals surface area contributed by atoms with E-state index < -0.39 is 0 Å². The second-order valence-corrected chi connectivity index (χ2v) is 5.54. The minimum absolute atomic E-state index is 0.000294. The van der Waals surface area contributed by atoms with Gasteiger partial charge in [-0.25, -0.2) is 0 Å². The fourth-order valence-corrected chi connectivity index (χ4v) is 2.25. The van der Waals surface area contributed by atoms with Crippen LogP contribution in [0.2, 0.25) is 0 Å². The quantitative estimate of drug-likeness (QED) is 0.811. The van der Waals surface area contributed by atoms with Crippen LogP contribution in [0.5, 0.6) is 0 Å². The van der Waals surface area contributed by atoms with Gasteiger partial charge in [-0.15, -0.1) is 0 Å². The molecule has 1 amide bonds. The van der Waals surface area contributed by atoms with Crippen LogP contribution >= 0.6 is 0 Å². The topological polar surface area (TPSA) is 80.0 Å². The monoisotopic (exact) mass is 302 g/mol.